The van der Waals surface area contributed by atoms with E-state index >= 15 is 0 Å². The lowest BCUT2D eigenvalue weighted by molar-refractivity contribution is 0.597. The van der Waals surface area contributed by atoms with E-state index in [0.29, 0.717) is 6.54 Å². The molecular weight excluding hydrogens is 272 g/mol. The molecule has 2 rings (SSSR count). The van der Waals surface area contributed by atoms with Gasteiger partial charge in [-0.1, -0.05) is 30.3 Å². The van der Waals surface area contributed by atoms with E-state index in [1.54, 1.807) is 12.1 Å². The highest BCUT2D eigenvalue weighted by molar-refractivity contribution is 7.89. The predicted molar refractivity (Wildman–Crippen MR) is 81.0 cm³/mol. The monoisotopic (exact) mass is 290 g/mol. The van der Waals surface area contributed by atoms with E-state index < -0.39 is 10.0 Å². The first kappa shape index (κ1) is 14.6. The Morgan fingerprint density at radius 2 is 1.75 bits per heavy atom. The summed E-state index contributed by atoms with van der Waals surface area (Å²) in [5.74, 6) is 0. The lowest BCUT2D eigenvalue weighted by atomic mass is 10.2. The molecule has 106 valence electrons. The van der Waals surface area contributed by atoms with Crippen molar-refractivity contribution in [2.24, 2.45) is 5.14 Å². The minimum atomic E-state index is -3.65. The van der Waals surface area contributed by atoms with Crippen LogP contribution in [0.25, 0.3) is 0 Å². The van der Waals surface area contributed by atoms with Crippen LogP contribution in [0, 0.1) is 0 Å². The zero-order valence-electron chi connectivity index (χ0n) is 11.4. The molecule has 0 aliphatic rings. The summed E-state index contributed by atoms with van der Waals surface area (Å²) in [6.07, 6.45) is 0. The molecule has 0 radical (unpaired) electrons. The molecule has 0 aliphatic carbocycles. The number of anilines is 1. The summed E-state index contributed by atoms with van der Waals surface area (Å²) in [7, 11) is -3.65. The molecule has 0 atom stereocenters. The summed E-state index contributed by atoms with van der Waals surface area (Å²) in [4.78, 5) is 2.32. The molecule has 5 heteroatoms. The zero-order valence-corrected chi connectivity index (χ0v) is 12.2. The first-order valence-corrected chi connectivity index (χ1v) is 7.97. The van der Waals surface area contributed by atoms with Crippen molar-refractivity contribution in [1.29, 1.82) is 0 Å². The van der Waals surface area contributed by atoms with Crippen molar-refractivity contribution >= 4 is 15.7 Å². The number of rotatable bonds is 5. The fraction of sp³-hybridized carbons (Fsp3) is 0.200. The molecule has 20 heavy (non-hydrogen) atoms. The second-order valence-corrected chi connectivity index (χ2v) is 6.10. The molecule has 0 bridgehead atoms. The number of nitrogens with zero attached hydrogens (tertiary/aromatic N) is 1. The Labute approximate surface area is 119 Å². The molecule has 0 spiro atoms. The Balaban J connectivity index is 2.25. The third kappa shape index (κ3) is 3.59. The minimum Gasteiger partial charge on any atom is -0.367 e. The summed E-state index contributed by atoms with van der Waals surface area (Å²) in [6.45, 7) is 3.55. The van der Waals surface area contributed by atoms with Gasteiger partial charge in [0.15, 0.2) is 0 Å². The van der Waals surface area contributed by atoms with Crippen molar-refractivity contribution in [2.75, 3.05) is 11.4 Å². The Bertz CT molecular complexity index is 669. The molecule has 2 aromatic carbocycles. The van der Waals surface area contributed by atoms with Crippen LogP contribution in [-0.4, -0.2) is 15.0 Å². The SMILES string of the molecule is CCN(Cc1cccc(S(N)(=O)=O)c1)c1ccccc1. The standard InChI is InChI=1S/C15H18N2O2S/c1-2-17(14-8-4-3-5-9-14)12-13-7-6-10-15(11-13)20(16,18)19/h3-11H,2,12H2,1H3,(H2,16,18,19). The average Bonchev–Trinajstić information content (AvgIpc) is 2.45. The second-order valence-electron chi connectivity index (χ2n) is 4.54. The molecule has 2 aromatic rings. The van der Waals surface area contributed by atoms with Crippen LogP contribution in [0.1, 0.15) is 12.5 Å². The summed E-state index contributed by atoms with van der Waals surface area (Å²) >= 11 is 0. The van der Waals surface area contributed by atoms with Crippen molar-refractivity contribution in [3.05, 3.63) is 60.2 Å². The Hall–Kier alpha value is -1.85. The minimum absolute atomic E-state index is 0.152. The number of nitrogens with two attached hydrogens (primary N) is 1. The summed E-state index contributed by atoms with van der Waals surface area (Å²) in [6, 6.07) is 16.8. The molecule has 4 nitrogen and oxygen atoms in total. The van der Waals surface area contributed by atoms with Crippen molar-refractivity contribution in [2.45, 2.75) is 18.4 Å². The summed E-state index contributed by atoms with van der Waals surface area (Å²) < 4.78 is 22.7. The number of primary sulfonamides is 1. The Morgan fingerprint density at radius 1 is 1.05 bits per heavy atom. The fourth-order valence-electron chi connectivity index (χ4n) is 2.07. The zero-order chi connectivity index (χ0) is 14.6. The van der Waals surface area contributed by atoms with Gasteiger partial charge in [-0.2, -0.15) is 0 Å². The van der Waals surface area contributed by atoms with Crippen LogP contribution in [0.2, 0.25) is 0 Å². The number of benzene rings is 2. The van der Waals surface area contributed by atoms with Gasteiger partial charge in [-0.3, -0.25) is 0 Å². The van der Waals surface area contributed by atoms with Crippen LogP contribution >= 0.6 is 0 Å². The largest absolute Gasteiger partial charge is 0.367 e. The summed E-state index contributed by atoms with van der Waals surface area (Å²) in [5.41, 5.74) is 2.03. The van der Waals surface area contributed by atoms with Gasteiger partial charge in [-0.15, -0.1) is 0 Å². The van der Waals surface area contributed by atoms with Crippen molar-refractivity contribution in [3.63, 3.8) is 0 Å². The number of hydrogen-bond donors (Lipinski definition) is 1. The third-order valence-corrected chi connectivity index (χ3v) is 4.01. The van der Waals surface area contributed by atoms with Crippen LogP contribution in [0.3, 0.4) is 0 Å². The molecule has 0 saturated heterocycles. The molecule has 2 N–H and O–H groups in total. The lowest BCUT2D eigenvalue weighted by Crippen LogP contribution is -2.22. The van der Waals surface area contributed by atoms with Gasteiger partial charge in [0.25, 0.3) is 0 Å². The highest BCUT2D eigenvalue weighted by Gasteiger charge is 2.10. The molecular formula is C15H18N2O2S. The normalized spacial score (nSPS) is 11.3. The van der Waals surface area contributed by atoms with Gasteiger partial charge in [0.05, 0.1) is 4.90 Å². The van der Waals surface area contributed by atoms with Gasteiger partial charge in [0.2, 0.25) is 10.0 Å². The average molecular weight is 290 g/mol. The van der Waals surface area contributed by atoms with E-state index in [1.807, 2.05) is 36.4 Å². The van der Waals surface area contributed by atoms with Crippen molar-refractivity contribution in [3.8, 4) is 0 Å². The van der Waals surface area contributed by atoms with Gasteiger partial charge in [0, 0.05) is 18.8 Å². The fourth-order valence-corrected chi connectivity index (χ4v) is 2.65. The lowest BCUT2D eigenvalue weighted by Gasteiger charge is -2.23. The van der Waals surface area contributed by atoms with E-state index in [4.69, 9.17) is 5.14 Å². The van der Waals surface area contributed by atoms with Crippen LogP contribution in [0.4, 0.5) is 5.69 Å². The molecule has 0 aromatic heterocycles. The van der Waals surface area contributed by atoms with Crippen LogP contribution in [0.15, 0.2) is 59.5 Å². The smallest absolute Gasteiger partial charge is 0.238 e. The van der Waals surface area contributed by atoms with Crippen LogP contribution in [0.5, 0.6) is 0 Å². The van der Waals surface area contributed by atoms with Gasteiger partial charge in [-0.05, 0) is 36.8 Å². The quantitative estimate of drug-likeness (QED) is 0.919. The van der Waals surface area contributed by atoms with Crippen LogP contribution < -0.4 is 10.0 Å². The number of hydrogen-bond acceptors (Lipinski definition) is 3. The molecule has 0 heterocycles. The number of para-hydroxylation sites is 1. The third-order valence-electron chi connectivity index (χ3n) is 3.10. The maximum absolute atomic E-state index is 11.4. The van der Waals surface area contributed by atoms with E-state index in [2.05, 4.69) is 11.8 Å². The number of sulfonamides is 1. The van der Waals surface area contributed by atoms with Gasteiger partial charge in [0.1, 0.15) is 0 Å². The molecule has 0 fully saturated rings. The maximum Gasteiger partial charge on any atom is 0.238 e. The molecule has 0 unspecified atom stereocenters. The highest BCUT2D eigenvalue weighted by atomic mass is 32.2. The van der Waals surface area contributed by atoms with Gasteiger partial charge < -0.3 is 4.90 Å². The molecule has 0 saturated carbocycles. The second kappa shape index (κ2) is 6.07. The molecule has 0 amide bonds. The topological polar surface area (TPSA) is 63.4 Å². The maximum atomic E-state index is 11.4. The predicted octanol–water partition coefficient (Wildman–Crippen LogP) is 2.36. The van der Waals surface area contributed by atoms with Crippen molar-refractivity contribution in [1.82, 2.24) is 0 Å². The summed E-state index contributed by atoms with van der Waals surface area (Å²) in [5, 5.41) is 5.16. The Morgan fingerprint density at radius 3 is 2.35 bits per heavy atom. The van der Waals surface area contributed by atoms with Crippen LogP contribution in [-0.2, 0) is 16.6 Å². The van der Waals surface area contributed by atoms with Gasteiger partial charge >= 0.3 is 0 Å². The van der Waals surface area contributed by atoms with E-state index in [9.17, 15) is 8.42 Å². The van der Waals surface area contributed by atoms with Gasteiger partial charge in [-0.25, -0.2) is 13.6 Å². The van der Waals surface area contributed by atoms with Crippen molar-refractivity contribution < 1.29 is 8.42 Å². The van der Waals surface area contributed by atoms with E-state index in [0.717, 1.165) is 17.8 Å². The first-order valence-electron chi connectivity index (χ1n) is 6.42. The van der Waals surface area contributed by atoms with E-state index in [-0.39, 0.29) is 4.90 Å². The van der Waals surface area contributed by atoms with E-state index in [1.165, 1.54) is 6.07 Å². The highest BCUT2D eigenvalue weighted by Crippen LogP contribution is 2.18. The first-order chi connectivity index (χ1) is 9.50. The molecule has 0 aliphatic heterocycles. The Kier molecular flexibility index (Phi) is 4.42.